The van der Waals surface area contributed by atoms with Crippen LogP contribution in [-0.2, 0) is 4.79 Å². The molecule has 0 saturated carbocycles. The molecule has 0 aromatic heterocycles. The Bertz CT molecular complexity index is 404. The largest absolute Gasteiger partial charge is 0.396 e. The predicted octanol–water partition coefficient (Wildman–Crippen LogP) is 2.22. The van der Waals surface area contributed by atoms with Gasteiger partial charge in [-0.15, -0.1) is 0 Å². The summed E-state index contributed by atoms with van der Waals surface area (Å²) in [6, 6.07) is 10.2. The van der Waals surface area contributed by atoms with Gasteiger partial charge in [0.05, 0.1) is 6.04 Å². The number of likely N-dealkylation sites (tertiary alicyclic amines) is 1. The Morgan fingerprint density at radius 3 is 2.67 bits per heavy atom. The molecule has 1 aliphatic heterocycles. The quantitative estimate of drug-likeness (QED) is 0.886. The van der Waals surface area contributed by atoms with E-state index < -0.39 is 0 Å². The predicted molar refractivity (Wildman–Crippen MR) is 70.9 cm³/mol. The minimum absolute atomic E-state index is 0.0308. The maximum atomic E-state index is 12.2. The van der Waals surface area contributed by atoms with Gasteiger partial charge in [0.15, 0.2) is 0 Å². The van der Waals surface area contributed by atoms with Crippen LogP contribution in [0.2, 0.25) is 0 Å². The molecule has 0 radical (unpaired) electrons. The smallest absolute Gasteiger partial charge is 0.226 e. The normalized spacial score (nSPS) is 25.5. The third-order valence-corrected chi connectivity index (χ3v) is 4.06. The van der Waals surface area contributed by atoms with Crippen LogP contribution in [0.4, 0.5) is 0 Å². The summed E-state index contributed by atoms with van der Waals surface area (Å²) >= 11 is 0. The molecule has 1 amide bonds. The van der Waals surface area contributed by atoms with Crippen LogP contribution in [0.5, 0.6) is 0 Å². The number of amides is 1. The monoisotopic (exact) mass is 247 g/mol. The summed E-state index contributed by atoms with van der Waals surface area (Å²) in [5.41, 5.74) is 1.17. The molecule has 1 N–H and O–H groups in total. The fraction of sp³-hybridized carbons (Fsp3) is 0.533. The van der Waals surface area contributed by atoms with Crippen molar-refractivity contribution >= 4 is 5.91 Å². The highest BCUT2D eigenvalue weighted by molar-refractivity contribution is 5.81. The van der Waals surface area contributed by atoms with Gasteiger partial charge in [-0.1, -0.05) is 37.3 Å². The first-order valence-electron chi connectivity index (χ1n) is 6.61. The first-order valence-corrected chi connectivity index (χ1v) is 6.61. The van der Waals surface area contributed by atoms with Crippen LogP contribution >= 0.6 is 0 Å². The Morgan fingerprint density at radius 2 is 2.06 bits per heavy atom. The van der Waals surface area contributed by atoms with Crippen molar-refractivity contribution in [1.82, 2.24) is 4.90 Å². The average molecular weight is 247 g/mol. The molecule has 0 aliphatic carbocycles. The van der Waals surface area contributed by atoms with Crippen molar-refractivity contribution in [3.05, 3.63) is 35.9 Å². The number of benzene rings is 1. The molecule has 3 heteroatoms. The lowest BCUT2D eigenvalue weighted by molar-refractivity contribution is -0.132. The van der Waals surface area contributed by atoms with E-state index in [2.05, 4.69) is 19.1 Å². The van der Waals surface area contributed by atoms with Crippen LogP contribution in [0.1, 0.15) is 31.9 Å². The van der Waals surface area contributed by atoms with Crippen molar-refractivity contribution in [2.45, 2.75) is 26.3 Å². The molecule has 3 nitrogen and oxygen atoms in total. The third kappa shape index (κ3) is 2.41. The molecule has 1 heterocycles. The van der Waals surface area contributed by atoms with Gasteiger partial charge in [0.2, 0.25) is 5.91 Å². The van der Waals surface area contributed by atoms with Gasteiger partial charge in [-0.25, -0.2) is 0 Å². The number of hydrogen-bond donors (Lipinski definition) is 1. The Hall–Kier alpha value is -1.35. The summed E-state index contributed by atoms with van der Waals surface area (Å²) in [4.78, 5) is 14.2. The maximum absolute atomic E-state index is 12.2. The Morgan fingerprint density at radius 1 is 1.39 bits per heavy atom. The SMILES string of the molecule is CC1C(=O)N(C(C)c2ccccc2)CC1CCO. The maximum Gasteiger partial charge on any atom is 0.226 e. The molecule has 1 aliphatic rings. The fourth-order valence-corrected chi connectivity index (χ4v) is 2.73. The van der Waals surface area contributed by atoms with Crippen LogP contribution in [0.25, 0.3) is 0 Å². The minimum Gasteiger partial charge on any atom is -0.396 e. The molecule has 3 atom stereocenters. The molecular weight excluding hydrogens is 226 g/mol. The second-order valence-electron chi connectivity index (χ2n) is 5.14. The number of rotatable bonds is 4. The standard InChI is InChI=1S/C15H21NO2/c1-11-14(8-9-17)10-16(15(11)18)12(2)13-6-4-3-5-7-13/h3-7,11-12,14,17H,8-10H2,1-2H3. The van der Waals surface area contributed by atoms with Gasteiger partial charge < -0.3 is 10.0 Å². The van der Waals surface area contributed by atoms with Crippen LogP contribution in [0.3, 0.4) is 0 Å². The van der Waals surface area contributed by atoms with Crippen molar-refractivity contribution in [3.8, 4) is 0 Å². The van der Waals surface area contributed by atoms with E-state index >= 15 is 0 Å². The zero-order valence-corrected chi connectivity index (χ0v) is 11.0. The van der Waals surface area contributed by atoms with Crippen molar-refractivity contribution in [2.24, 2.45) is 11.8 Å². The minimum atomic E-state index is 0.0308. The van der Waals surface area contributed by atoms with Gasteiger partial charge >= 0.3 is 0 Å². The highest BCUT2D eigenvalue weighted by Crippen LogP contribution is 2.33. The molecule has 1 aromatic rings. The molecule has 1 fully saturated rings. The summed E-state index contributed by atoms with van der Waals surface area (Å²) in [5.74, 6) is 0.529. The van der Waals surface area contributed by atoms with E-state index in [1.165, 1.54) is 5.56 Å². The molecule has 98 valence electrons. The molecule has 1 aromatic carbocycles. The first-order chi connectivity index (χ1) is 8.65. The van der Waals surface area contributed by atoms with Crippen LogP contribution < -0.4 is 0 Å². The summed E-state index contributed by atoms with van der Waals surface area (Å²) in [7, 11) is 0. The summed E-state index contributed by atoms with van der Waals surface area (Å²) in [6.07, 6.45) is 0.713. The van der Waals surface area contributed by atoms with Gasteiger partial charge in [0.25, 0.3) is 0 Å². The number of nitrogens with zero attached hydrogens (tertiary/aromatic N) is 1. The molecule has 1 saturated heterocycles. The fourth-order valence-electron chi connectivity index (χ4n) is 2.73. The van der Waals surface area contributed by atoms with Crippen molar-refractivity contribution in [2.75, 3.05) is 13.2 Å². The molecule has 0 bridgehead atoms. The van der Waals surface area contributed by atoms with Crippen molar-refractivity contribution in [1.29, 1.82) is 0 Å². The van der Waals surface area contributed by atoms with E-state index in [1.807, 2.05) is 30.0 Å². The second-order valence-corrected chi connectivity index (χ2v) is 5.14. The van der Waals surface area contributed by atoms with Gasteiger partial charge in [0, 0.05) is 19.1 Å². The van der Waals surface area contributed by atoms with Crippen molar-refractivity contribution in [3.63, 3.8) is 0 Å². The summed E-state index contributed by atoms with van der Waals surface area (Å²) in [5, 5.41) is 9.04. The molecule has 18 heavy (non-hydrogen) atoms. The van der Waals surface area contributed by atoms with Crippen LogP contribution in [0.15, 0.2) is 30.3 Å². The summed E-state index contributed by atoms with van der Waals surface area (Å²) < 4.78 is 0. The number of carbonyl (C=O) groups is 1. The van der Waals surface area contributed by atoms with E-state index in [4.69, 9.17) is 5.11 Å². The lowest BCUT2D eigenvalue weighted by Crippen LogP contribution is -2.29. The number of carbonyl (C=O) groups excluding carboxylic acids is 1. The highest BCUT2D eigenvalue weighted by Gasteiger charge is 2.38. The molecule has 2 rings (SSSR count). The average Bonchev–Trinajstić information content (AvgIpc) is 2.68. The Balaban J connectivity index is 2.12. The molecule has 3 unspecified atom stereocenters. The Labute approximate surface area is 108 Å². The lowest BCUT2D eigenvalue weighted by atomic mass is 9.95. The van der Waals surface area contributed by atoms with E-state index in [0.29, 0.717) is 6.42 Å². The summed E-state index contributed by atoms with van der Waals surface area (Å²) in [6.45, 7) is 4.97. The number of aliphatic hydroxyl groups excluding tert-OH is 1. The van der Waals surface area contributed by atoms with Gasteiger partial charge in [0.1, 0.15) is 0 Å². The first kappa shape index (κ1) is 13.1. The second kappa shape index (κ2) is 5.53. The van der Waals surface area contributed by atoms with E-state index in [0.717, 1.165) is 6.54 Å². The van der Waals surface area contributed by atoms with E-state index in [-0.39, 0.29) is 30.4 Å². The zero-order chi connectivity index (χ0) is 13.1. The lowest BCUT2D eigenvalue weighted by Gasteiger charge is -2.25. The molecule has 0 spiro atoms. The van der Waals surface area contributed by atoms with Gasteiger partial charge in [-0.05, 0) is 24.8 Å². The van der Waals surface area contributed by atoms with Crippen LogP contribution in [0, 0.1) is 11.8 Å². The Kier molecular flexibility index (Phi) is 4.02. The number of hydrogen-bond acceptors (Lipinski definition) is 2. The molecular formula is C15H21NO2. The topological polar surface area (TPSA) is 40.5 Å². The number of aliphatic hydroxyl groups is 1. The van der Waals surface area contributed by atoms with E-state index in [9.17, 15) is 4.79 Å². The highest BCUT2D eigenvalue weighted by atomic mass is 16.3. The zero-order valence-electron chi connectivity index (χ0n) is 11.0. The van der Waals surface area contributed by atoms with E-state index in [1.54, 1.807) is 0 Å². The van der Waals surface area contributed by atoms with Gasteiger partial charge in [-0.2, -0.15) is 0 Å². The third-order valence-electron chi connectivity index (χ3n) is 4.06. The van der Waals surface area contributed by atoms with Crippen molar-refractivity contribution < 1.29 is 9.90 Å². The van der Waals surface area contributed by atoms with Gasteiger partial charge in [-0.3, -0.25) is 4.79 Å². The van der Waals surface area contributed by atoms with Crippen LogP contribution in [-0.4, -0.2) is 29.1 Å².